The van der Waals surface area contributed by atoms with Crippen molar-refractivity contribution in [2.45, 2.75) is 44.1 Å². The van der Waals surface area contributed by atoms with Gasteiger partial charge in [0, 0.05) is 11.1 Å². The molecular weight excluding hydrogens is 251 g/mol. The average molecular weight is 269 g/mol. The van der Waals surface area contributed by atoms with E-state index in [1.165, 1.54) is 18.9 Å². The van der Waals surface area contributed by atoms with E-state index in [1.54, 1.807) is 0 Å². The van der Waals surface area contributed by atoms with Crippen LogP contribution in [-0.4, -0.2) is 0 Å². The molecule has 19 heavy (non-hydrogen) atoms. The molecule has 2 N–H and O–H groups in total. The quantitative estimate of drug-likeness (QED) is 0.811. The van der Waals surface area contributed by atoms with Crippen LogP contribution in [0.5, 0.6) is 0 Å². The Bertz CT molecular complexity index is 498. The van der Waals surface area contributed by atoms with E-state index >= 15 is 0 Å². The van der Waals surface area contributed by atoms with Crippen LogP contribution in [0.15, 0.2) is 12.1 Å². The normalized spacial score (nSPS) is 31.5. The molecular formula is C15H18F3N. The van der Waals surface area contributed by atoms with Crippen molar-refractivity contribution in [3.8, 4) is 0 Å². The van der Waals surface area contributed by atoms with E-state index in [-0.39, 0.29) is 5.56 Å². The van der Waals surface area contributed by atoms with E-state index in [0.717, 1.165) is 18.9 Å². The van der Waals surface area contributed by atoms with Crippen molar-refractivity contribution in [3.63, 3.8) is 0 Å². The monoisotopic (exact) mass is 269 g/mol. The van der Waals surface area contributed by atoms with Gasteiger partial charge in [-0.05, 0) is 43.6 Å². The first kappa shape index (κ1) is 13.0. The van der Waals surface area contributed by atoms with Crippen LogP contribution in [0.4, 0.5) is 13.2 Å². The molecule has 0 saturated heterocycles. The summed E-state index contributed by atoms with van der Waals surface area (Å²) in [7, 11) is 0. The second kappa shape index (κ2) is 4.51. The van der Waals surface area contributed by atoms with Gasteiger partial charge in [-0.1, -0.05) is 18.9 Å². The van der Waals surface area contributed by atoms with Gasteiger partial charge in [-0.15, -0.1) is 0 Å². The predicted octanol–water partition coefficient (Wildman–Crippen LogP) is 3.86. The largest absolute Gasteiger partial charge is 0.321 e. The van der Waals surface area contributed by atoms with Crippen LogP contribution in [-0.2, 0) is 5.54 Å². The molecule has 1 nitrogen and oxygen atoms in total. The molecule has 0 radical (unpaired) electrons. The zero-order valence-electron chi connectivity index (χ0n) is 10.8. The Kier molecular flexibility index (Phi) is 3.08. The number of rotatable bonds is 2. The van der Waals surface area contributed by atoms with E-state index in [4.69, 9.17) is 5.73 Å². The fraction of sp³-hybridized carbons (Fsp3) is 0.600. The lowest BCUT2D eigenvalue weighted by atomic mass is 9.71. The van der Waals surface area contributed by atoms with Crippen molar-refractivity contribution in [3.05, 3.63) is 35.1 Å². The first-order chi connectivity index (χ1) is 9.01. The van der Waals surface area contributed by atoms with E-state index in [1.807, 2.05) is 0 Å². The number of benzene rings is 1. The molecule has 104 valence electrons. The minimum Gasteiger partial charge on any atom is -0.321 e. The van der Waals surface area contributed by atoms with Crippen LogP contribution in [0.1, 0.15) is 44.1 Å². The van der Waals surface area contributed by atoms with Gasteiger partial charge in [0.1, 0.15) is 0 Å². The van der Waals surface area contributed by atoms with Crippen LogP contribution in [0, 0.1) is 29.3 Å². The van der Waals surface area contributed by atoms with Gasteiger partial charge in [-0.25, -0.2) is 13.2 Å². The highest BCUT2D eigenvalue weighted by Crippen LogP contribution is 2.49. The lowest BCUT2D eigenvalue weighted by molar-refractivity contribution is 0.200. The molecule has 2 saturated carbocycles. The lowest BCUT2D eigenvalue weighted by Gasteiger charge is -2.39. The van der Waals surface area contributed by atoms with Gasteiger partial charge >= 0.3 is 0 Å². The number of nitrogens with two attached hydrogens (primary N) is 1. The van der Waals surface area contributed by atoms with Crippen LogP contribution in [0.2, 0.25) is 0 Å². The molecule has 2 unspecified atom stereocenters. The van der Waals surface area contributed by atoms with Crippen molar-refractivity contribution in [1.29, 1.82) is 0 Å². The van der Waals surface area contributed by atoms with Gasteiger partial charge in [0.25, 0.3) is 0 Å². The summed E-state index contributed by atoms with van der Waals surface area (Å²) in [5, 5.41) is 0. The Morgan fingerprint density at radius 1 is 1.00 bits per heavy atom. The van der Waals surface area contributed by atoms with E-state index in [9.17, 15) is 13.2 Å². The Labute approximate surface area is 111 Å². The molecule has 0 amide bonds. The third kappa shape index (κ3) is 2.27. The second-order valence-corrected chi connectivity index (χ2v) is 6.07. The Balaban J connectivity index is 1.93. The smallest absolute Gasteiger partial charge is 0.194 e. The van der Waals surface area contributed by atoms with Crippen LogP contribution in [0.25, 0.3) is 0 Å². The Morgan fingerprint density at radius 2 is 1.74 bits per heavy atom. The van der Waals surface area contributed by atoms with Gasteiger partial charge in [0.15, 0.2) is 17.5 Å². The van der Waals surface area contributed by atoms with Crippen LogP contribution in [0.3, 0.4) is 0 Å². The molecule has 4 heteroatoms. The molecule has 1 aromatic rings. The molecule has 3 rings (SSSR count). The third-order valence-corrected chi connectivity index (χ3v) is 4.68. The molecule has 2 aliphatic carbocycles. The Hall–Kier alpha value is -1.03. The summed E-state index contributed by atoms with van der Waals surface area (Å²) in [6.45, 7) is 0. The number of hydrogen-bond donors (Lipinski definition) is 1. The highest BCUT2D eigenvalue weighted by molar-refractivity contribution is 5.28. The molecule has 0 spiro atoms. The molecule has 0 aromatic heterocycles. The van der Waals surface area contributed by atoms with E-state index < -0.39 is 23.0 Å². The fourth-order valence-corrected chi connectivity index (χ4v) is 3.48. The molecule has 0 heterocycles. The maximum Gasteiger partial charge on any atom is 0.194 e. The topological polar surface area (TPSA) is 26.0 Å². The minimum atomic E-state index is -1.41. The molecule has 2 fully saturated rings. The maximum absolute atomic E-state index is 13.9. The summed E-state index contributed by atoms with van der Waals surface area (Å²) in [5.41, 5.74) is 5.62. The third-order valence-electron chi connectivity index (χ3n) is 4.68. The van der Waals surface area contributed by atoms with Gasteiger partial charge in [0.2, 0.25) is 0 Å². The van der Waals surface area contributed by atoms with Crippen molar-refractivity contribution in [2.24, 2.45) is 17.6 Å². The SMILES string of the molecule is NC1(c2ccc(F)c(F)c2F)CCCC(C2CC2)C1. The van der Waals surface area contributed by atoms with Gasteiger partial charge < -0.3 is 5.73 Å². The van der Waals surface area contributed by atoms with Crippen LogP contribution >= 0.6 is 0 Å². The summed E-state index contributed by atoms with van der Waals surface area (Å²) < 4.78 is 40.3. The lowest BCUT2D eigenvalue weighted by Crippen LogP contribution is -2.43. The first-order valence-electron chi connectivity index (χ1n) is 6.94. The van der Waals surface area contributed by atoms with Crippen molar-refractivity contribution >= 4 is 0 Å². The first-order valence-corrected chi connectivity index (χ1v) is 6.94. The molecule has 1 aromatic carbocycles. The zero-order chi connectivity index (χ0) is 13.6. The predicted molar refractivity (Wildman–Crippen MR) is 66.9 cm³/mol. The molecule has 0 bridgehead atoms. The van der Waals surface area contributed by atoms with E-state index in [2.05, 4.69) is 0 Å². The number of hydrogen-bond acceptors (Lipinski definition) is 1. The second-order valence-electron chi connectivity index (χ2n) is 6.07. The minimum absolute atomic E-state index is 0.136. The summed E-state index contributed by atoms with van der Waals surface area (Å²) in [6.07, 6.45) is 5.81. The van der Waals surface area contributed by atoms with Gasteiger partial charge in [-0.3, -0.25) is 0 Å². The van der Waals surface area contributed by atoms with Crippen LogP contribution < -0.4 is 5.73 Å². The van der Waals surface area contributed by atoms with Gasteiger partial charge in [-0.2, -0.15) is 0 Å². The fourth-order valence-electron chi connectivity index (χ4n) is 3.48. The van der Waals surface area contributed by atoms with Crippen molar-refractivity contribution in [1.82, 2.24) is 0 Å². The summed E-state index contributed by atoms with van der Waals surface area (Å²) in [5.74, 6) is -2.46. The number of halogens is 3. The highest BCUT2D eigenvalue weighted by atomic mass is 19.2. The zero-order valence-corrected chi connectivity index (χ0v) is 10.8. The Morgan fingerprint density at radius 3 is 2.42 bits per heavy atom. The summed E-state index contributed by atoms with van der Waals surface area (Å²) >= 11 is 0. The molecule has 2 atom stereocenters. The van der Waals surface area contributed by atoms with Gasteiger partial charge in [0.05, 0.1) is 0 Å². The van der Waals surface area contributed by atoms with Crippen molar-refractivity contribution in [2.75, 3.05) is 0 Å². The maximum atomic E-state index is 13.9. The molecule has 0 aliphatic heterocycles. The summed E-state index contributed by atoms with van der Waals surface area (Å²) in [6, 6.07) is 2.28. The summed E-state index contributed by atoms with van der Waals surface area (Å²) in [4.78, 5) is 0. The van der Waals surface area contributed by atoms with Crippen molar-refractivity contribution < 1.29 is 13.2 Å². The average Bonchev–Trinajstić information content (AvgIpc) is 3.20. The standard InChI is InChI=1S/C15H18F3N/c16-12-6-5-11(13(17)14(12)18)15(19)7-1-2-10(8-15)9-3-4-9/h5-6,9-10H,1-4,7-8,19H2. The van der Waals surface area contributed by atoms with E-state index in [0.29, 0.717) is 24.7 Å². The highest BCUT2D eigenvalue weighted by Gasteiger charge is 2.42. The molecule has 2 aliphatic rings.